The topological polar surface area (TPSA) is 44.8 Å². The van der Waals surface area contributed by atoms with Gasteiger partial charge >= 0.3 is 7.82 Å². The molecule has 0 unspecified atom stereocenters. The van der Waals surface area contributed by atoms with Crippen LogP contribution in [0.25, 0.3) is 0 Å². The van der Waals surface area contributed by atoms with Gasteiger partial charge < -0.3 is 13.6 Å². The number of hydrogen-bond donors (Lipinski definition) is 0. The van der Waals surface area contributed by atoms with Crippen LogP contribution in [0.15, 0.2) is 68.0 Å². The maximum atomic E-state index is 13.8. The van der Waals surface area contributed by atoms with Crippen molar-refractivity contribution in [2.24, 2.45) is 0 Å². The van der Waals surface area contributed by atoms with Crippen LogP contribution in [0, 0.1) is 20.8 Å². The van der Waals surface area contributed by atoms with Crippen LogP contribution in [0.3, 0.4) is 0 Å². The Morgan fingerprint density at radius 3 is 1.14 bits per heavy atom. The SMILES string of the molecule is Cc1ccc(Br)cc1OP(=O)(Oc1cc(Br)ccc1C)Oc1cc(Br)ccc1C. The summed E-state index contributed by atoms with van der Waals surface area (Å²) in [5.74, 6) is 1.22. The fourth-order valence-corrected chi connectivity index (χ4v) is 4.88. The number of hydrogen-bond acceptors (Lipinski definition) is 4. The van der Waals surface area contributed by atoms with Crippen molar-refractivity contribution in [3.63, 3.8) is 0 Å². The van der Waals surface area contributed by atoms with Crippen molar-refractivity contribution in [2.75, 3.05) is 0 Å². The minimum Gasteiger partial charge on any atom is -0.386 e. The Bertz CT molecular complexity index is 965. The molecule has 0 aromatic heterocycles. The fourth-order valence-electron chi connectivity index (χ4n) is 2.43. The first kappa shape index (κ1) is 22.4. The van der Waals surface area contributed by atoms with Gasteiger partial charge in [0, 0.05) is 13.4 Å². The third-order valence-corrected chi connectivity index (χ3v) is 6.82. The predicted molar refractivity (Wildman–Crippen MR) is 126 cm³/mol. The lowest BCUT2D eigenvalue weighted by atomic mass is 10.2. The van der Waals surface area contributed by atoms with Crippen molar-refractivity contribution in [3.8, 4) is 17.2 Å². The highest BCUT2D eigenvalue weighted by Crippen LogP contribution is 2.52. The van der Waals surface area contributed by atoms with E-state index in [1.807, 2.05) is 57.2 Å². The van der Waals surface area contributed by atoms with Crippen molar-refractivity contribution < 1.29 is 18.1 Å². The summed E-state index contributed by atoms with van der Waals surface area (Å²) in [7, 11) is -4.09. The van der Waals surface area contributed by atoms with Gasteiger partial charge in [-0.25, -0.2) is 0 Å². The Morgan fingerprint density at radius 1 is 0.586 bits per heavy atom. The minimum atomic E-state index is -4.09. The van der Waals surface area contributed by atoms with Gasteiger partial charge in [0.05, 0.1) is 0 Å². The first-order valence-corrected chi connectivity index (χ1v) is 12.5. The first-order valence-electron chi connectivity index (χ1n) is 8.62. The summed E-state index contributed by atoms with van der Waals surface area (Å²) in [4.78, 5) is 0. The molecular formula is C21H18Br3O4P. The van der Waals surface area contributed by atoms with Gasteiger partial charge in [-0.05, 0) is 73.9 Å². The molecule has 0 saturated heterocycles. The lowest BCUT2D eigenvalue weighted by Gasteiger charge is -2.22. The highest BCUT2D eigenvalue weighted by molar-refractivity contribution is 9.11. The number of benzene rings is 3. The van der Waals surface area contributed by atoms with E-state index in [2.05, 4.69) is 47.8 Å². The van der Waals surface area contributed by atoms with E-state index in [1.165, 1.54) is 0 Å². The third kappa shape index (κ3) is 5.88. The molecule has 0 aliphatic heterocycles. The molecule has 152 valence electrons. The van der Waals surface area contributed by atoms with E-state index in [-0.39, 0.29) is 0 Å². The molecule has 0 aliphatic rings. The maximum absolute atomic E-state index is 13.8. The van der Waals surface area contributed by atoms with Crippen LogP contribution in [-0.2, 0) is 4.57 Å². The van der Waals surface area contributed by atoms with Gasteiger partial charge in [0.1, 0.15) is 17.2 Å². The molecule has 0 heterocycles. The second-order valence-corrected chi connectivity index (χ2v) is 10.6. The van der Waals surface area contributed by atoms with Crippen molar-refractivity contribution in [3.05, 3.63) is 84.7 Å². The highest BCUT2D eigenvalue weighted by Gasteiger charge is 2.35. The van der Waals surface area contributed by atoms with Crippen LogP contribution in [0.4, 0.5) is 0 Å². The summed E-state index contributed by atoms with van der Waals surface area (Å²) >= 11 is 10.2. The minimum absolute atomic E-state index is 0.406. The Labute approximate surface area is 195 Å². The van der Waals surface area contributed by atoms with E-state index >= 15 is 0 Å². The molecule has 0 bridgehead atoms. The molecule has 0 atom stereocenters. The Morgan fingerprint density at radius 2 is 0.862 bits per heavy atom. The van der Waals surface area contributed by atoms with Crippen LogP contribution in [-0.4, -0.2) is 0 Å². The normalized spacial score (nSPS) is 11.2. The highest BCUT2D eigenvalue weighted by atomic mass is 79.9. The standard InChI is InChI=1S/C21H18Br3O4P/c1-13-4-7-16(22)10-19(13)26-29(25,27-20-11-17(23)8-5-14(20)2)28-21-12-18(24)9-6-15(21)3/h4-12H,1-3H3. The van der Waals surface area contributed by atoms with Crippen LogP contribution >= 0.6 is 55.6 Å². The summed E-state index contributed by atoms with van der Waals surface area (Å²) in [6.07, 6.45) is 0. The predicted octanol–water partition coefficient (Wildman–Crippen LogP) is 8.54. The quantitative estimate of drug-likeness (QED) is 0.265. The maximum Gasteiger partial charge on any atom is 0.647 e. The largest absolute Gasteiger partial charge is 0.647 e. The molecule has 3 aromatic rings. The van der Waals surface area contributed by atoms with Gasteiger partial charge in [-0.3, -0.25) is 0 Å². The van der Waals surface area contributed by atoms with Gasteiger partial charge in [0.15, 0.2) is 0 Å². The Balaban J connectivity index is 2.04. The lowest BCUT2D eigenvalue weighted by Crippen LogP contribution is -2.09. The molecule has 0 saturated carbocycles. The van der Waals surface area contributed by atoms with Crippen molar-refractivity contribution in [2.45, 2.75) is 20.8 Å². The number of phosphoric ester groups is 1. The molecular weight excluding hydrogens is 587 g/mol. The van der Waals surface area contributed by atoms with Crippen molar-refractivity contribution >= 4 is 55.6 Å². The molecule has 0 spiro atoms. The summed E-state index contributed by atoms with van der Waals surface area (Å²) < 4.78 is 33.8. The molecule has 0 aliphatic carbocycles. The molecule has 3 aromatic carbocycles. The molecule has 8 heteroatoms. The zero-order chi connectivity index (χ0) is 21.2. The summed E-state index contributed by atoms with van der Waals surface area (Å²) in [5, 5.41) is 0. The number of aryl methyl sites for hydroxylation is 3. The Kier molecular flexibility index (Phi) is 7.15. The summed E-state index contributed by atoms with van der Waals surface area (Å²) in [6, 6.07) is 16.4. The van der Waals surface area contributed by atoms with E-state index in [0.29, 0.717) is 17.2 Å². The lowest BCUT2D eigenvalue weighted by molar-refractivity contribution is 0.296. The molecule has 4 nitrogen and oxygen atoms in total. The summed E-state index contributed by atoms with van der Waals surface area (Å²) in [5.41, 5.74) is 2.41. The van der Waals surface area contributed by atoms with Crippen LogP contribution in [0.2, 0.25) is 0 Å². The smallest absolute Gasteiger partial charge is 0.386 e. The average molecular weight is 605 g/mol. The molecule has 0 fully saturated rings. The first-order chi connectivity index (χ1) is 13.6. The van der Waals surface area contributed by atoms with Gasteiger partial charge in [0.25, 0.3) is 0 Å². The van der Waals surface area contributed by atoms with E-state index in [4.69, 9.17) is 13.6 Å². The molecule has 0 amide bonds. The third-order valence-electron chi connectivity index (χ3n) is 4.08. The molecule has 0 N–H and O–H groups in total. The second-order valence-electron chi connectivity index (χ2n) is 6.45. The molecule has 3 rings (SSSR count). The van der Waals surface area contributed by atoms with E-state index in [0.717, 1.165) is 30.1 Å². The van der Waals surface area contributed by atoms with Gasteiger partial charge in [-0.2, -0.15) is 4.57 Å². The van der Waals surface area contributed by atoms with E-state index in [1.54, 1.807) is 18.2 Å². The van der Waals surface area contributed by atoms with Crippen LogP contribution in [0.1, 0.15) is 16.7 Å². The van der Waals surface area contributed by atoms with Crippen molar-refractivity contribution in [1.29, 1.82) is 0 Å². The second kappa shape index (κ2) is 9.25. The number of halogens is 3. The number of phosphoric acid groups is 1. The molecule has 29 heavy (non-hydrogen) atoms. The zero-order valence-electron chi connectivity index (χ0n) is 15.9. The van der Waals surface area contributed by atoms with E-state index < -0.39 is 7.82 Å². The zero-order valence-corrected chi connectivity index (χ0v) is 21.6. The van der Waals surface area contributed by atoms with E-state index in [9.17, 15) is 4.57 Å². The van der Waals surface area contributed by atoms with Crippen LogP contribution in [0.5, 0.6) is 17.2 Å². The van der Waals surface area contributed by atoms with Crippen LogP contribution < -0.4 is 13.6 Å². The van der Waals surface area contributed by atoms with Gasteiger partial charge in [-0.1, -0.05) is 66.0 Å². The Hall–Kier alpha value is -1.27. The van der Waals surface area contributed by atoms with Gasteiger partial charge in [-0.15, -0.1) is 0 Å². The fraction of sp³-hybridized carbons (Fsp3) is 0.143. The average Bonchev–Trinajstić information content (AvgIpc) is 2.64. The molecule has 0 radical (unpaired) electrons. The van der Waals surface area contributed by atoms with Gasteiger partial charge in [0.2, 0.25) is 0 Å². The number of rotatable bonds is 6. The summed E-state index contributed by atoms with van der Waals surface area (Å²) in [6.45, 7) is 5.59. The monoisotopic (exact) mass is 602 g/mol. The van der Waals surface area contributed by atoms with Crippen molar-refractivity contribution in [1.82, 2.24) is 0 Å².